The molecule has 1 heterocycles. The molecule has 0 aliphatic carbocycles. The Hall–Kier alpha value is -1.59. The fourth-order valence-corrected chi connectivity index (χ4v) is 1.96. The lowest BCUT2D eigenvalue weighted by Crippen LogP contribution is -2.51. The Morgan fingerprint density at radius 3 is 2.72 bits per heavy atom. The highest BCUT2D eigenvalue weighted by molar-refractivity contribution is 5.98. The molecule has 0 amide bonds. The number of methoxy groups -OCH3 is 1. The summed E-state index contributed by atoms with van der Waals surface area (Å²) in [6, 6.07) is 5.14. The van der Waals surface area contributed by atoms with Crippen molar-refractivity contribution in [2.75, 3.05) is 33.8 Å². The van der Waals surface area contributed by atoms with Crippen molar-refractivity contribution in [2.24, 2.45) is 5.73 Å². The quantitative estimate of drug-likeness (QED) is 0.772. The molecule has 2 N–H and O–H groups in total. The van der Waals surface area contributed by atoms with E-state index in [2.05, 4.69) is 4.90 Å². The molecule has 0 unspecified atom stereocenters. The van der Waals surface area contributed by atoms with E-state index < -0.39 is 0 Å². The maximum Gasteiger partial charge on any atom is 0.176 e. The third-order valence-electron chi connectivity index (χ3n) is 3.00. The predicted octanol–water partition coefficient (Wildman–Crippen LogP) is 0.529. The Bertz CT molecular complexity index is 442. The molecule has 0 saturated carbocycles. The predicted molar refractivity (Wildman–Crippen MR) is 68.3 cm³/mol. The monoisotopic (exact) mass is 250 g/mol. The molecule has 0 spiro atoms. The average molecular weight is 250 g/mol. The summed E-state index contributed by atoms with van der Waals surface area (Å²) < 4.78 is 11.0. The van der Waals surface area contributed by atoms with Gasteiger partial charge in [0.15, 0.2) is 17.3 Å². The molecule has 1 aliphatic heterocycles. The van der Waals surface area contributed by atoms with Gasteiger partial charge >= 0.3 is 0 Å². The van der Waals surface area contributed by atoms with Crippen molar-refractivity contribution in [1.29, 1.82) is 0 Å². The molecular formula is C13H18N2O3. The molecule has 0 aromatic heterocycles. The number of nitrogens with zero attached hydrogens (tertiary/aromatic N) is 1. The zero-order chi connectivity index (χ0) is 13.1. The van der Waals surface area contributed by atoms with Gasteiger partial charge in [0.25, 0.3) is 0 Å². The largest absolute Gasteiger partial charge is 0.493 e. The van der Waals surface area contributed by atoms with E-state index in [-0.39, 0.29) is 18.4 Å². The van der Waals surface area contributed by atoms with Crippen molar-refractivity contribution >= 4 is 5.78 Å². The molecule has 2 rings (SSSR count). The van der Waals surface area contributed by atoms with E-state index in [0.717, 1.165) is 13.1 Å². The van der Waals surface area contributed by atoms with Crippen LogP contribution in [0.5, 0.6) is 11.5 Å². The number of carbonyl (C=O) groups excluding carboxylic acids is 1. The number of hydrogen-bond acceptors (Lipinski definition) is 5. The van der Waals surface area contributed by atoms with Gasteiger partial charge in [0, 0.05) is 18.7 Å². The minimum absolute atomic E-state index is 0.00205. The smallest absolute Gasteiger partial charge is 0.176 e. The molecule has 1 saturated heterocycles. The van der Waals surface area contributed by atoms with Crippen LogP contribution in [0.2, 0.25) is 0 Å². The first-order chi connectivity index (χ1) is 8.63. The first-order valence-electron chi connectivity index (χ1n) is 5.90. The van der Waals surface area contributed by atoms with Crippen LogP contribution in [0.3, 0.4) is 0 Å². The molecule has 5 nitrogen and oxygen atoms in total. The van der Waals surface area contributed by atoms with Crippen LogP contribution in [0.1, 0.15) is 10.4 Å². The lowest BCUT2D eigenvalue weighted by Gasteiger charge is -2.36. The van der Waals surface area contributed by atoms with Crippen LogP contribution in [0, 0.1) is 0 Å². The molecule has 5 heteroatoms. The third kappa shape index (κ3) is 2.63. The van der Waals surface area contributed by atoms with Gasteiger partial charge in [-0.2, -0.15) is 0 Å². The van der Waals surface area contributed by atoms with Crippen LogP contribution in [-0.4, -0.2) is 50.6 Å². The average Bonchev–Trinajstić information content (AvgIpc) is 2.36. The number of hydrogen-bond donors (Lipinski definition) is 1. The maximum absolute atomic E-state index is 11.6. The minimum atomic E-state index is -0.103. The van der Waals surface area contributed by atoms with Gasteiger partial charge in [-0.1, -0.05) is 0 Å². The zero-order valence-electron chi connectivity index (χ0n) is 10.7. The van der Waals surface area contributed by atoms with Gasteiger partial charge in [0.2, 0.25) is 0 Å². The number of ether oxygens (including phenoxy) is 2. The Morgan fingerprint density at radius 1 is 1.44 bits per heavy atom. The number of carbonyl (C=O) groups is 1. The van der Waals surface area contributed by atoms with E-state index in [1.165, 1.54) is 0 Å². The number of benzene rings is 1. The van der Waals surface area contributed by atoms with Crippen LogP contribution in [0.15, 0.2) is 18.2 Å². The Balaban J connectivity index is 2.17. The van der Waals surface area contributed by atoms with Gasteiger partial charge in [-0.25, -0.2) is 0 Å². The number of Topliss-reactive ketones (excluding diaryl/α,β-unsaturated/α-hetero) is 1. The van der Waals surface area contributed by atoms with Crippen molar-refractivity contribution in [3.8, 4) is 11.5 Å². The molecular weight excluding hydrogens is 232 g/mol. The van der Waals surface area contributed by atoms with Gasteiger partial charge < -0.3 is 15.2 Å². The Labute approximate surface area is 106 Å². The van der Waals surface area contributed by atoms with E-state index in [1.807, 2.05) is 7.05 Å². The van der Waals surface area contributed by atoms with Crippen LogP contribution in [-0.2, 0) is 0 Å². The topological polar surface area (TPSA) is 64.8 Å². The third-order valence-corrected chi connectivity index (χ3v) is 3.00. The lowest BCUT2D eigenvalue weighted by atomic mass is 10.1. The van der Waals surface area contributed by atoms with Gasteiger partial charge in [0.05, 0.1) is 13.7 Å². The van der Waals surface area contributed by atoms with Crippen molar-refractivity contribution in [2.45, 2.75) is 6.10 Å². The van der Waals surface area contributed by atoms with E-state index in [0.29, 0.717) is 17.1 Å². The highest BCUT2D eigenvalue weighted by Crippen LogP contribution is 2.30. The van der Waals surface area contributed by atoms with E-state index in [9.17, 15) is 4.79 Å². The standard InChI is InChI=1S/C13H18N2O3/c1-15-7-10(8-15)18-13-5-9(11(16)6-14)3-4-12(13)17-2/h3-5,10H,6-8,14H2,1-2H3. The number of likely N-dealkylation sites (tertiary alicyclic amines) is 1. The lowest BCUT2D eigenvalue weighted by molar-refractivity contribution is 0.0369. The molecule has 0 bridgehead atoms. The number of ketones is 1. The van der Waals surface area contributed by atoms with Crippen LogP contribution in [0.4, 0.5) is 0 Å². The van der Waals surface area contributed by atoms with E-state index >= 15 is 0 Å². The summed E-state index contributed by atoms with van der Waals surface area (Å²) in [7, 11) is 3.62. The van der Waals surface area contributed by atoms with Crippen molar-refractivity contribution in [3.05, 3.63) is 23.8 Å². The van der Waals surface area contributed by atoms with E-state index in [1.54, 1.807) is 25.3 Å². The fourth-order valence-electron chi connectivity index (χ4n) is 1.96. The van der Waals surface area contributed by atoms with Crippen molar-refractivity contribution < 1.29 is 14.3 Å². The zero-order valence-corrected chi connectivity index (χ0v) is 10.7. The second-order valence-electron chi connectivity index (χ2n) is 4.45. The summed E-state index contributed by atoms with van der Waals surface area (Å²) in [5, 5.41) is 0. The molecule has 0 radical (unpaired) electrons. The molecule has 1 aromatic rings. The number of rotatable bonds is 5. The summed E-state index contributed by atoms with van der Waals surface area (Å²) in [5.41, 5.74) is 5.91. The van der Waals surface area contributed by atoms with Gasteiger partial charge in [-0.3, -0.25) is 9.69 Å². The fraction of sp³-hybridized carbons (Fsp3) is 0.462. The Kier molecular flexibility index (Phi) is 3.84. The summed E-state index contributed by atoms with van der Waals surface area (Å²) in [5.74, 6) is 1.14. The van der Waals surface area contributed by atoms with Gasteiger partial charge in [0.1, 0.15) is 6.10 Å². The van der Waals surface area contributed by atoms with Crippen LogP contribution in [0.25, 0.3) is 0 Å². The second-order valence-corrected chi connectivity index (χ2v) is 4.45. The van der Waals surface area contributed by atoms with Crippen LogP contribution < -0.4 is 15.2 Å². The van der Waals surface area contributed by atoms with Gasteiger partial charge in [-0.05, 0) is 25.2 Å². The molecule has 98 valence electrons. The van der Waals surface area contributed by atoms with Crippen LogP contribution >= 0.6 is 0 Å². The SMILES string of the molecule is COc1ccc(C(=O)CN)cc1OC1CN(C)C1. The summed E-state index contributed by atoms with van der Waals surface area (Å²) >= 11 is 0. The first-order valence-corrected chi connectivity index (χ1v) is 5.90. The number of likely N-dealkylation sites (N-methyl/N-ethyl adjacent to an activating group) is 1. The summed E-state index contributed by atoms with van der Waals surface area (Å²) in [4.78, 5) is 13.7. The summed E-state index contributed by atoms with van der Waals surface area (Å²) in [6.07, 6.45) is 0.159. The molecule has 1 fully saturated rings. The van der Waals surface area contributed by atoms with Crippen molar-refractivity contribution in [3.63, 3.8) is 0 Å². The Morgan fingerprint density at radius 2 is 2.17 bits per heavy atom. The molecule has 1 aliphatic rings. The molecule has 18 heavy (non-hydrogen) atoms. The maximum atomic E-state index is 11.6. The first kappa shape index (κ1) is 12.9. The molecule has 1 aromatic carbocycles. The second kappa shape index (κ2) is 5.37. The van der Waals surface area contributed by atoms with E-state index in [4.69, 9.17) is 15.2 Å². The highest BCUT2D eigenvalue weighted by Gasteiger charge is 2.26. The van der Waals surface area contributed by atoms with Crippen molar-refractivity contribution in [1.82, 2.24) is 4.90 Å². The normalized spacial score (nSPS) is 16.2. The highest BCUT2D eigenvalue weighted by atomic mass is 16.5. The summed E-state index contributed by atoms with van der Waals surface area (Å²) in [6.45, 7) is 1.77. The van der Waals surface area contributed by atoms with Gasteiger partial charge in [-0.15, -0.1) is 0 Å². The minimum Gasteiger partial charge on any atom is -0.493 e. The number of nitrogens with two attached hydrogens (primary N) is 1. The molecule has 0 atom stereocenters.